The normalized spacial score (nSPS) is 25.9. The van der Waals surface area contributed by atoms with Gasteiger partial charge >= 0.3 is 6.03 Å². The Morgan fingerprint density at radius 1 is 1.40 bits per heavy atom. The molecule has 1 aliphatic heterocycles. The third-order valence-corrected chi connectivity index (χ3v) is 3.29. The maximum Gasteiger partial charge on any atom is 0.346 e. The number of hydrogen-bond acceptors (Lipinski definition) is 2. The van der Waals surface area contributed by atoms with Gasteiger partial charge in [0.1, 0.15) is 11.4 Å². The Bertz CT molecular complexity index is 275. The summed E-state index contributed by atoms with van der Waals surface area (Å²) in [7, 11) is 0. The van der Waals surface area contributed by atoms with Gasteiger partial charge in [-0.15, -0.1) is 0 Å². The van der Waals surface area contributed by atoms with Crippen molar-refractivity contribution >= 4 is 11.9 Å². The standard InChI is InChI=1S/C11H21N3O/c1-4-7-8-11(5-2)9(12)13-10(15)14(11)6-3/h4-8H2,1-3H3,(H2,12,13,15). The highest BCUT2D eigenvalue weighted by atomic mass is 16.2. The van der Waals surface area contributed by atoms with E-state index in [1.165, 1.54) is 0 Å². The summed E-state index contributed by atoms with van der Waals surface area (Å²) in [6.45, 7) is 6.87. The van der Waals surface area contributed by atoms with Crippen molar-refractivity contribution in [3.05, 3.63) is 0 Å². The minimum atomic E-state index is -0.304. The van der Waals surface area contributed by atoms with E-state index < -0.39 is 0 Å². The largest absolute Gasteiger partial charge is 0.385 e. The van der Waals surface area contributed by atoms with Crippen molar-refractivity contribution in [3.8, 4) is 0 Å². The molecular weight excluding hydrogens is 190 g/mol. The zero-order chi connectivity index (χ0) is 11.5. The van der Waals surface area contributed by atoms with Crippen LogP contribution in [0.3, 0.4) is 0 Å². The molecule has 4 nitrogen and oxygen atoms in total. The van der Waals surface area contributed by atoms with Crippen LogP contribution in [0.15, 0.2) is 4.99 Å². The van der Waals surface area contributed by atoms with Gasteiger partial charge in [0.2, 0.25) is 0 Å². The van der Waals surface area contributed by atoms with E-state index in [4.69, 9.17) is 5.73 Å². The van der Waals surface area contributed by atoms with Crippen LogP contribution < -0.4 is 5.73 Å². The third-order valence-electron chi connectivity index (χ3n) is 3.29. The Morgan fingerprint density at radius 3 is 2.53 bits per heavy atom. The quantitative estimate of drug-likeness (QED) is 0.757. The fourth-order valence-electron chi connectivity index (χ4n) is 2.31. The smallest absolute Gasteiger partial charge is 0.346 e. The molecule has 0 saturated heterocycles. The number of rotatable bonds is 5. The van der Waals surface area contributed by atoms with Crippen molar-refractivity contribution in [3.63, 3.8) is 0 Å². The molecule has 2 N–H and O–H groups in total. The Labute approximate surface area is 91.5 Å². The van der Waals surface area contributed by atoms with E-state index in [1.807, 2.05) is 6.92 Å². The Hall–Kier alpha value is -1.06. The van der Waals surface area contributed by atoms with E-state index >= 15 is 0 Å². The molecule has 0 aromatic rings. The second kappa shape index (κ2) is 4.64. The van der Waals surface area contributed by atoms with E-state index in [2.05, 4.69) is 18.8 Å². The molecule has 1 unspecified atom stereocenters. The average molecular weight is 211 g/mol. The topological polar surface area (TPSA) is 58.7 Å². The number of amides is 2. The van der Waals surface area contributed by atoms with Crippen LogP contribution in [0.4, 0.5) is 4.79 Å². The summed E-state index contributed by atoms with van der Waals surface area (Å²) in [5.41, 5.74) is 5.61. The maximum absolute atomic E-state index is 11.6. The van der Waals surface area contributed by atoms with Crippen molar-refractivity contribution in [1.82, 2.24) is 4.90 Å². The van der Waals surface area contributed by atoms with E-state index in [-0.39, 0.29) is 11.6 Å². The van der Waals surface area contributed by atoms with Crippen LogP contribution >= 0.6 is 0 Å². The number of likely N-dealkylation sites (N-methyl/N-ethyl adjacent to an activating group) is 1. The lowest BCUT2D eigenvalue weighted by atomic mass is 9.87. The number of carbonyl (C=O) groups is 1. The SMILES string of the molecule is CCCCC1(CC)C(N)=NC(=O)N1CC. The number of aliphatic imine (C=N–C) groups is 1. The molecule has 0 aromatic heterocycles. The van der Waals surface area contributed by atoms with Gasteiger partial charge in [0.05, 0.1) is 0 Å². The van der Waals surface area contributed by atoms with Gasteiger partial charge in [0, 0.05) is 6.54 Å². The molecule has 2 amide bonds. The van der Waals surface area contributed by atoms with Gasteiger partial charge in [-0.05, 0) is 19.8 Å². The van der Waals surface area contributed by atoms with E-state index in [1.54, 1.807) is 4.90 Å². The monoisotopic (exact) mass is 211 g/mol. The van der Waals surface area contributed by atoms with Crippen LogP contribution in [0.25, 0.3) is 0 Å². The van der Waals surface area contributed by atoms with E-state index in [0.29, 0.717) is 12.4 Å². The highest BCUT2D eigenvalue weighted by molar-refractivity contribution is 6.05. The molecule has 0 spiro atoms. The van der Waals surface area contributed by atoms with Crippen molar-refractivity contribution in [2.75, 3.05) is 6.54 Å². The fourth-order valence-corrected chi connectivity index (χ4v) is 2.31. The van der Waals surface area contributed by atoms with Crippen LogP contribution in [0, 0.1) is 0 Å². The summed E-state index contributed by atoms with van der Waals surface area (Å²) in [5, 5.41) is 0. The maximum atomic E-state index is 11.6. The lowest BCUT2D eigenvalue weighted by Gasteiger charge is -2.36. The molecule has 1 rings (SSSR count). The van der Waals surface area contributed by atoms with Crippen molar-refractivity contribution in [1.29, 1.82) is 0 Å². The lowest BCUT2D eigenvalue weighted by molar-refractivity contribution is 0.165. The predicted octanol–water partition coefficient (Wildman–Crippen LogP) is 2.14. The van der Waals surface area contributed by atoms with Crippen LogP contribution in [-0.2, 0) is 0 Å². The Morgan fingerprint density at radius 2 is 2.07 bits per heavy atom. The minimum absolute atomic E-state index is 0.173. The first kappa shape index (κ1) is 12.0. The molecule has 0 fully saturated rings. The molecule has 0 bridgehead atoms. The van der Waals surface area contributed by atoms with Crippen LogP contribution in [0.2, 0.25) is 0 Å². The number of amidine groups is 1. The van der Waals surface area contributed by atoms with Crippen molar-refractivity contribution in [2.24, 2.45) is 10.7 Å². The number of carbonyl (C=O) groups excluding carboxylic acids is 1. The highest BCUT2D eigenvalue weighted by Gasteiger charge is 2.45. The number of unbranched alkanes of at least 4 members (excludes halogenated alkanes) is 1. The number of urea groups is 1. The molecule has 1 atom stereocenters. The minimum Gasteiger partial charge on any atom is -0.385 e. The molecule has 1 aliphatic rings. The fraction of sp³-hybridized carbons (Fsp3) is 0.818. The Kier molecular flexibility index (Phi) is 3.72. The predicted molar refractivity (Wildman–Crippen MR) is 61.9 cm³/mol. The van der Waals surface area contributed by atoms with Crippen LogP contribution in [0.1, 0.15) is 46.5 Å². The van der Waals surface area contributed by atoms with E-state index in [0.717, 1.165) is 25.7 Å². The molecule has 4 heteroatoms. The molecule has 0 aromatic carbocycles. The average Bonchev–Trinajstić information content (AvgIpc) is 2.47. The summed E-state index contributed by atoms with van der Waals surface area (Å²) in [5.74, 6) is 0.505. The Balaban J connectivity index is 2.93. The second-order valence-electron chi connectivity index (χ2n) is 4.01. The molecule has 0 radical (unpaired) electrons. The summed E-state index contributed by atoms with van der Waals surface area (Å²) in [6.07, 6.45) is 3.96. The molecule has 15 heavy (non-hydrogen) atoms. The summed E-state index contributed by atoms with van der Waals surface area (Å²) in [4.78, 5) is 17.3. The van der Waals surface area contributed by atoms with Gasteiger partial charge in [-0.3, -0.25) is 0 Å². The van der Waals surface area contributed by atoms with Gasteiger partial charge < -0.3 is 10.6 Å². The van der Waals surface area contributed by atoms with Gasteiger partial charge in [-0.25, -0.2) is 4.79 Å². The highest BCUT2D eigenvalue weighted by Crippen LogP contribution is 2.31. The van der Waals surface area contributed by atoms with Gasteiger partial charge in [0.25, 0.3) is 0 Å². The second-order valence-corrected chi connectivity index (χ2v) is 4.01. The van der Waals surface area contributed by atoms with E-state index in [9.17, 15) is 4.79 Å². The number of nitrogens with two attached hydrogens (primary N) is 1. The first-order valence-electron chi connectivity index (χ1n) is 5.78. The zero-order valence-electron chi connectivity index (χ0n) is 9.92. The molecule has 1 heterocycles. The summed E-state index contributed by atoms with van der Waals surface area (Å²) >= 11 is 0. The zero-order valence-corrected chi connectivity index (χ0v) is 9.92. The first-order chi connectivity index (χ1) is 7.12. The van der Waals surface area contributed by atoms with Crippen LogP contribution in [0.5, 0.6) is 0 Å². The number of hydrogen-bond donors (Lipinski definition) is 1. The third kappa shape index (κ3) is 1.85. The summed E-state index contributed by atoms with van der Waals surface area (Å²) < 4.78 is 0. The van der Waals surface area contributed by atoms with Gasteiger partial charge in [-0.1, -0.05) is 26.7 Å². The van der Waals surface area contributed by atoms with Crippen molar-refractivity contribution in [2.45, 2.75) is 52.0 Å². The molecular formula is C11H21N3O. The summed E-state index contributed by atoms with van der Waals surface area (Å²) in [6, 6.07) is -0.173. The first-order valence-corrected chi connectivity index (χ1v) is 5.78. The van der Waals surface area contributed by atoms with Gasteiger partial charge in [-0.2, -0.15) is 4.99 Å². The number of nitrogens with zero attached hydrogens (tertiary/aromatic N) is 2. The lowest BCUT2D eigenvalue weighted by Crippen LogP contribution is -2.53. The molecule has 0 saturated carbocycles. The van der Waals surface area contributed by atoms with Crippen LogP contribution in [-0.4, -0.2) is 28.9 Å². The van der Waals surface area contributed by atoms with Crippen molar-refractivity contribution < 1.29 is 4.79 Å². The molecule has 0 aliphatic carbocycles. The molecule has 86 valence electrons. The van der Waals surface area contributed by atoms with Gasteiger partial charge in [0.15, 0.2) is 0 Å².